The first-order chi connectivity index (χ1) is 16.2. The molecule has 2 aromatic heterocycles. The van der Waals surface area contributed by atoms with Gasteiger partial charge in [-0.2, -0.15) is 0 Å². The third kappa shape index (κ3) is 4.22. The van der Waals surface area contributed by atoms with Crippen LogP contribution in [0.15, 0.2) is 91.5 Å². The van der Waals surface area contributed by atoms with Crippen molar-refractivity contribution in [1.29, 1.82) is 0 Å². The molecule has 162 valence electrons. The standard InChI is InChI=1S/C26H21N5O2/c27-25(32)20-10-6-9-19(13-20)21-11-4-5-12-22(21)23-24-26(29-15-28-23)31(16-30-24)17-33-14-18-7-2-1-3-8-18/h1-13,15-16H,14,17H2,(H2,27,32). The van der Waals surface area contributed by atoms with Gasteiger partial charge < -0.3 is 10.5 Å². The van der Waals surface area contributed by atoms with Crippen LogP contribution in [0, 0.1) is 0 Å². The van der Waals surface area contributed by atoms with Crippen molar-refractivity contribution in [2.75, 3.05) is 0 Å². The number of carbonyl (C=O) groups is 1. The molecule has 0 radical (unpaired) electrons. The van der Waals surface area contributed by atoms with Gasteiger partial charge in [-0.05, 0) is 28.8 Å². The van der Waals surface area contributed by atoms with E-state index in [1.807, 2.05) is 71.3 Å². The van der Waals surface area contributed by atoms with Crippen LogP contribution in [-0.2, 0) is 18.1 Å². The van der Waals surface area contributed by atoms with E-state index >= 15 is 0 Å². The highest BCUT2D eigenvalue weighted by Gasteiger charge is 2.16. The second-order valence-corrected chi connectivity index (χ2v) is 7.56. The monoisotopic (exact) mass is 435 g/mol. The van der Waals surface area contributed by atoms with Gasteiger partial charge in [0.1, 0.15) is 24.3 Å². The zero-order chi connectivity index (χ0) is 22.6. The lowest BCUT2D eigenvalue weighted by Crippen LogP contribution is -2.10. The fourth-order valence-corrected chi connectivity index (χ4v) is 3.79. The Morgan fingerprint density at radius 2 is 1.67 bits per heavy atom. The zero-order valence-electron chi connectivity index (χ0n) is 17.8. The minimum absolute atomic E-state index is 0.324. The summed E-state index contributed by atoms with van der Waals surface area (Å²) in [4.78, 5) is 25.2. The molecule has 0 bridgehead atoms. The number of nitrogens with zero attached hydrogens (tertiary/aromatic N) is 4. The second-order valence-electron chi connectivity index (χ2n) is 7.56. The van der Waals surface area contributed by atoms with Crippen LogP contribution in [0.2, 0.25) is 0 Å². The number of benzene rings is 3. The first-order valence-corrected chi connectivity index (χ1v) is 10.5. The predicted molar refractivity (Wildman–Crippen MR) is 126 cm³/mol. The summed E-state index contributed by atoms with van der Waals surface area (Å²) in [7, 11) is 0. The minimum Gasteiger partial charge on any atom is -0.366 e. The number of imidazole rings is 1. The number of hydrogen-bond donors (Lipinski definition) is 1. The van der Waals surface area contributed by atoms with E-state index in [0.717, 1.165) is 22.3 Å². The highest BCUT2D eigenvalue weighted by Crippen LogP contribution is 2.34. The highest BCUT2D eigenvalue weighted by molar-refractivity contribution is 5.97. The fraction of sp³-hybridized carbons (Fsp3) is 0.0769. The maximum absolute atomic E-state index is 11.7. The van der Waals surface area contributed by atoms with Crippen molar-refractivity contribution >= 4 is 17.1 Å². The summed E-state index contributed by atoms with van der Waals surface area (Å²) in [5.74, 6) is -0.465. The molecule has 5 rings (SSSR count). The normalized spacial score (nSPS) is 11.0. The van der Waals surface area contributed by atoms with Crippen molar-refractivity contribution < 1.29 is 9.53 Å². The minimum atomic E-state index is -0.465. The second kappa shape index (κ2) is 9.02. The van der Waals surface area contributed by atoms with Gasteiger partial charge in [0.05, 0.1) is 12.9 Å². The first kappa shape index (κ1) is 20.5. The smallest absolute Gasteiger partial charge is 0.248 e. The van der Waals surface area contributed by atoms with Gasteiger partial charge in [0.25, 0.3) is 0 Å². The topological polar surface area (TPSA) is 95.9 Å². The maximum atomic E-state index is 11.7. The Hall–Kier alpha value is -4.36. The van der Waals surface area contributed by atoms with Crippen molar-refractivity contribution in [2.24, 2.45) is 5.73 Å². The van der Waals surface area contributed by atoms with E-state index in [4.69, 9.17) is 10.5 Å². The van der Waals surface area contributed by atoms with Crippen LogP contribution in [0.25, 0.3) is 33.5 Å². The van der Waals surface area contributed by atoms with E-state index in [1.165, 1.54) is 6.33 Å². The van der Waals surface area contributed by atoms with Crippen LogP contribution in [0.5, 0.6) is 0 Å². The van der Waals surface area contributed by atoms with Crippen molar-refractivity contribution in [3.63, 3.8) is 0 Å². The van der Waals surface area contributed by atoms with Gasteiger partial charge in [0, 0.05) is 11.1 Å². The van der Waals surface area contributed by atoms with Crippen LogP contribution < -0.4 is 5.73 Å². The molecule has 5 aromatic rings. The molecule has 0 fully saturated rings. The summed E-state index contributed by atoms with van der Waals surface area (Å²) in [6.07, 6.45) is 3.24. The van der Waals surface area contributed by atoms with E-state index < -0.39 is 5.91 Å². The van der Waals surface area contributed by atoms with Crippen molar-refractivity contribution in [3.05, 3.63) is 103 Å². The lowest BCUT2D eigenvalue weighted by atomic mass is 9.96. The SMILES string of the molecule is NC(=O)c1cccc(-c2ccccc2-c2ncnc3c2ncn3COCc2ccccc2)c1. The van der Waals surface area contributed by atoms with Gasteiger partial charge in [-0.15, -0.1) is 0 Å². The highest BCUT2D eigenvalue weighted by atomic mass is 16.5. The number of nitrogens with two attached hydrogens (primary N) is 1. The molecule has 7 nitrogen and oxygen atoms in total. The Morgan fingerprint density at radius 3 is 2.48 bits per heavy atom. The molecule has 2 heterocycles. The molecule has 0 aliphatic carbocycles. The third-order valence-electron chi connectivity index (χ3n) is 5.38. The van der Waals surface area contributed by atoms with E-state index in [9.17, 15) is 4.79 Å². The summed E-state index contributed by atoms with van der Waals surface area (Å²) in [6.45, 7) is 0.821. The Bertz CT molecular complexity index is 1430. The molecule has 1 amide bonds. The van der Waals surface area contributed by atoms with Crippen LogP contribution >= 0.6 is 0 Å². The van der Waals surface area contributed by atoms with Gasteiger partial charge >= 0.3 is 0 Å². The Kier molecular flexibility index (Phi) is 5.61. The predicted octanol–water partition coefficient (Wildman–Crippen LogP) is 4.43. The van der Waals surface area contributed by atoms with E-state index in [-0.39, 0.29) is 0 Å². The van der Waals surface area contributed by atoms with Gasteiger partial charge in [-0.3, -0.25) is 9.36 Å². The zero-order valence-corrected chi connectivity index (χ0v) is 17.8. The Morgan fingerprint density at radius 1 is 0.879 bits per heavy atom. The number of primary amides is 1. The van der Waals surface area contributed by atoms with Gasteiger partial charge in [-0.1, -0.05) is 66.7 Å². The van der Waals surface area contributed by atoms with Gasteiger partial charge in [0.2, 0.25) is 5.91 Å². The van der Waals surface area contributed by atoms with E-state index in [2.05, 4.69) is 15.0 Å². The van der Waals surface area contributed by atoms with Crippen LogP contribution in [0.1, 0.15) is 15.9 Å². The van der Waals surface area contributed by atoms with E-state index in [1.54, 1.807) is 18.5 Å². The number of aromatic nitrogens is 4. The molecule has 33 heavy (non-hydrogen) atoms. The van der Waals surface area contributed by atoms with Gasteiger partial charge in [0.15, 0.2) is 5.65 Å². The van der Waals surface area contributed by atoms with Crippen molar-refractivity contribution in [2.45, 2.75) is 13.3 Å². The molecule has 0 spiro atoms. The average molecular weight is 435 g/mol. The van der Waals surface area contributed by atoms with Crippen molar-refractivity contribution in [3.8, 4) is 22.4 Å². The number of fused-ring (bicyclic) bond motifs is 1. The van der Waals surface area contributed by atoms with E-state index in [0.29, 0.717) is 35.8 Å². The molecule has 0 atom stereocenters. The number of hydrogen-bond acceptors (Lipinski definition) is 5. The van der Waals surface area contributed by atoms with Crippen LogP contribution in [-0.4, -0.2) is 25.4 Å². The quantitative estimate of drug-likeness (QED) is 0.408. The molecular weight excluding hydrogens is 414 g/mol. The maximum Gasteiger partial charge on any atom is 0.248 e. The Labute approximate surface area is 190 Å². The molecule has 0 aliphatic rings. The summed E-state index contributed by atoms with van der Waals surface area (Å²) in [5.41, 5.74) is 11.8. The molecule has 2 N–H and O–H groups in total. The van der Waals surface area contributed by atoms with Crippen LogP contribution in [0.4, 0.5) is 0 Å². The third-order valence-corrected chi connectivity index (χ3v) is 5.38. The summed E-state index contributed by atoms with van der Waals surface area (Å²) < 4.78 is 7.73. The first-order valence-electron chi connectivity index (χ1n) is 10.5. The number of amides is 1. The van der Waals surface area contributed by atoms with Gasteiger partial charge in [-0.25, -0.2) is 15.0 Å². The Balaban J connectivity index is 1.49. The number of carbonyl (C=O) groups excluding carboxylic acids is 1. The fourth-order valence-electron chi connectivity index (χ4n) is 3.79. The number of rotatable bonds is 7. The molecular formula is C26H21N5O2. The summed E-state index contributed by atoms with van der Waals surface area (Å²) in [6, 6.07) is 25.1. The largest absolute Gasteiger partial charge is 0.366 e. The molecule has 7 heteroatoms. The molecule has 0 aliphatic heterocycles. The lowest BCUT2D eigenvalue weighted by Gasteiger charge is -2.11. The molecule has 0 saturated heterocycles. The average Bonchev–Trinajstić information content (AvgIpc) is 3.28. The van der Waals surface area contributed by atoms with Crippen LogP contribution in [0.3, 0.4) is 0 Å². The molecule has 3 aromatic carbocycles. The van der Waals surface area contributed by atoms with Crippen molar-refractivity contribution in [1.82, 2.24) is 19.5 Å². The number of ether oxygens (including phenoxy) is 1. The summed E-state index contributed by atoms with van der Waals surface area (Å²) >= 11 is 0. The summed E-state index contributed by atoms with van der Waals surface area (Å²) in [5, 5.41) is 0. The molecule has 0 saturated carbocycles. The molecule has 0 unspecified atom stereocenters. The lowest BCUT2D eigenvalue weighted by molar-refractivity contribution is 0.0661.